The minimum Gasteiger partial charge on any atom is -0.469 e. The van der Waals surface area contributed by atoms with Crippen LogP contribution in [0.5, 0.6) is 0 Å². The third-order valence-corrected chi connectivity index (χ3v) is 2.92. The van der Waals surface area contributed by atoms with Crippen LogP contribution in [-0.2, 0) is 14.3 Å². The molecule has 0 aromatic carbocycles. The number of nitrogens with one attached hydrogen (secondary N) is 1. The zero-order chi connectivity index (χ0) is 11.5. The predicted molar refractivity (Wildman–Crippen MR) is 57.6 cm³/mol. The van der Waals surface area contributed by atoms with Crippen molar-refractivity contribution in [1.82, 2.24) is 5.32 Å². The number of ether oxygens (including phenoxy) is 2. The number of hydrogen-bond donors (Lipinski definition) is 1. The summed E-state index contributed by atoms with van der Waals surface area (Å²) < 4.78 is 10.2. The summed E-state index contributed by atoms with van der Waals surface area (Å²) in [5.41, 5.74) is -0.475. The van der Waals surface area contributed by atoms with E-state index in [4.69, 9.17) is 9.47 Å². The van der Waals surface area contributed by atoms with Crippen LogP contribution in [0.2, 0.25) is 0 Å². The lowest BCUT2D eigenvalue weighted by Gasteiger charge is -2.25. The maximum atomic E-state index is 11.4. The molecule has 88 valence electrons. The van der Waals surface area contributed by atoms with Gasteiger partial charge in [0.05, 0.1) is 18.6 Å². The molecule has 0 aromatic heterocycles. The maximum absolute atomic E-state index is 11.4. The van der Waals surface area contributed by atoms with Gasteiger partial charge in [0.2, 0.25) is 0 Å². The van der Waals surface area contributed by atoms with Crippen molar-refractivity contribution in [3.63, 3.8) is 0 Å². The smallest absolute Gasteiger partial charge is 0.312 e. The molecular formula is C11H21NO3. The van der Waals surface area contributed by atoms with Crippen molar-refractivity contribution >= 4 is 5.97 Å². The van der Waals surface area contributed by atoms with E-state index < -0.39 is 5.41 Å². The fourth-order valence-corrected chi connectivity index (χ4v) is 1.73. The van der Waals surface area contributed by atoms with Gasteiger partial charge >= 0.3 is 5.97 Å². The average Bonchev–Trinajstić information content (AvgIpc) is 2.60. The van der Waals surface area contributed by atoms with Gasteiger partial charge in [0.25, 0.3) is 0 Å². The van der Waals surface area contributed by atoms with Gasteiger partial charge in [-0.2, -0.15) is 0 Å². The van der Waals surface area contributed by atoms with Gasteiger partial charge in [-0.3, -0.25) is 4.79 Å². The van der Waals surface area contributed by atoms with Crippen molar-refractivity contribution in [1.29, 1.82) is 0 Å². The molecule has 1 rings (SSSR count). The van der Waals surface area contributed by atoms with Crippen molar-refractivity contribution in [2.24, 2.45) is 5.41 Å². The molecular weight excluding hydrogens is 194 g/mol. The van der Waals surface area contributed by atoms with Crippen molar-refractivity contribution < 1.29 is 14.3 Å². The van der Waals surface area contributed by atoms with Crippen LogP contribution in [0.25, 0.3) is 0 Å². The quantitative estimate of drug-likeness (QED) is 0.709. The van der Waals surface area contributed by atoms with Gasteiger partial charge in [0.15, 0.2) is 0 Å². The Labute approximate surface area is 91.3 Å². The molecule has 1 saturated heterocycles. The Bertz CT molecular complexity index is 228. The highest BCUT2D eigenvalue weighted by Gasteiger charge is 2.31. The fourth-order valence-electron chi connectivity index (χ4n) is 1.73. The second-order valence-electron chi connectivity index (χ2n) is 4.73. The average molecular weight is 215 g/mol. The highest BCUT2D eigenvalue weighted by molar-refractivity contribution is 5.76. The Hall–Kier alpha value is -0.610. The zero-order valence-electron chi connectivity index (χ0n) is 10.0. The van der Waals surface area contributed by atoms with E-state index in [-0.39, 0.29) is 12.1 Å². The lowest BCUT2D eigenvalue weighted by Crippen LogP contribution is -2.43. The van der Waals surface area contributed by atoms with E-state index in [0.29, 0.717) is 12.6 Å². The SMILES string of the molecule is COC(=O)C(C)(C)CNC1CCOC1C. The Balaban J connectivity index is 2.38. The second kappa shape index (κ2) is 4.94. The normalized spacial score (nSPS) is 26.7. The third-order valence-electron chi connectivity index (χ3n) is 2.92. The first-order valence-corrected chi connectivity index (χ1v) is 5.41. The molecule has 1 aliphatic heterocycles. The summed E-state index contributed by atoms with van der Waals surface area (Å²) in [6.45, 7) is 7.24. The standard InChI is InChI=1S/C11H21NO3/c1-8-9(5-6-15-8)12-7-11(2,3)10(13)14-4/h8-9,12H,5-7H2,1-4H3. The van der Waals surface area contributed by atoms with E-state index >= 15 is 0 Å². The van der Waals surface area contributed by atoms with Gasteiger partial charge in [0, 0.05) is 19.2 Å². The first-order chi connectivity index (χ1) is 6.97. The van der Waals surface area contributed by atoms with E-state index in [2.05, 4.69) is 12.2 Å². The predicted octanol–water partition coefficient (Wildman–Crippen LogP) is 0.953. The van der Waals surface area contributed by atoms with Gasteiger partial charge in [-0.15, -0.1) is 0 Å². The summed E-state index contributed by atoms with van der Waals surface area (Å²) in [4.78, 5) is 11.4. The Morgan fingerprint density at radius 2 is 2.27 bits per heavy atom. The molecule has 4 heteroatoms. The van der Waals surface area contributed by atoms with Crippen molar-refractivity contribution in [2.75, 3.05) is 20.3 Å². The van der Waals surface area contributed by atoms with E-state index in [9.17, 15) is 4.79 Å². The number of hydrogen-bond acceptors (Lipinski definition) is 4. The topological polar surface area (TPSA) is 47.6 Å². The van der Waals surface area contributed by atoms with Crippen LogP contribution in [-0.4, -0.2) is 38.4 Å². The van der Waals surface area contributed by atoms with Crippen LogP contribution in [0.15, 0.2) is 0 Å². The minimum absolute atomic E-state index is 0.179. The van der Waals surface area contributed by atoms with Gasteiger partial charge in [-0.05, 0) is 27.2 Å². The lowest BCUT2D eigenvalue weighted by atomic mass is 9.93. The highest BCUT2D eigenvalue weighted by Crippen LogP contribution is 2.18. The first kappa shape index (κ1) is 12.5. The van der Waals surface area contributed by atoms with E-state index in [0.717, 1.165) is 13.0 Å². The molecule has 1 aliphatic rings. The van der Waals surface area contributed by atoms with E-state index in [1.54, 1.807) is 0 Å². The monoisotopic (exact) mass is 215 g/mol. The molecule has 0 radical (unpaired) electrons. The summed E-state index contributed by atoms with van der Waals surface area (Å²) in [7, 11) is 1.42. The molecule has 1 heterocycles. The number of rotatable bonds is 4. The molecule has 1 N–H and O–H groups in total. The number of carbonyl (C=O) groups excluding carboxylic acids is 1. The molecule has 0 aromatic rings. The zero-order valence-corrected chi connectivity index (χ0v) is 10.0. The van der Waals surface area contributed by atoms with Crippen molar-refractivity contribution in [3.8, 4) is 0 Å². The molecule has 1 fully saturated rings. The summed E-state index contributed by atoms with van der Waals surface area (Å²) in [6.07, 6.45) is 1.25. The molecule has 4 nitrogen and oxygen atoms in total. The molecule has 0 amide bonds. The first-order valence-electron chi connectivity index (χ1n) is 5.41. The molecule has 2 unspecified atom stereocenters. The van der Waals surface area contributed by atoms with E-state index in [1.807, 2.05) is 13.8 Å². The Morgan fingerprint density at radius 1 is 1.60 bits per heavy atom. The Morgan fingerprint density at radius 3 is 2.73 bits per heavy atom. The highest BCUT2D eigenvalue weighted by atomic mass is 16.5. The van der Waals surface area contributed by atoms with Crippen LogP contribution in [0, 0.1) is 5.41 Å². The van der Waals surface area contributed by atoms with Gasteiger partial charge in [0.1, 0.15) is 0 Å². The van der Waals surface area contributed by atoms with Gasteiger partial charge < -0.3 is 14.8 Å². The fraction of sp³-hybridized carbons (Fsp3) is 0.909. The van der Waals surface area contributed by atoms with E-state index in [1.165, 1.54) is 7.11 Å². The summed E-state index contributed by atoms with van der Waals surface area (Å²) in [5, 5.41) is 3.36. The molecule has 0 saturated carbocycles. The van der Waals surface area contributed by atoms with Gasteiger partial charge in [-0.25, -0.2) is 0 Å². The van der Waals surface area contributed by atoms with Crippen LogP contribution in [0.4, 0.5) is 0 Å². The molecule has 0 bridgehead atoms. The largest absolute Gasteiger partial charge is 0.469 e. The maximum Gasteiger partial charge on any atom is 0.312 e. The lowest BCUT2D eigenvalue weighted by molar-refractivity contribution is -0.150. The minimum atomic E-state index is -0.475. The number of carbonyl (C=O) groups is 1. The summed E-state index contributed by atoms with van der Waals surface area (Å²) in [5.74, 6) is -0.179. The molecule has 15 heavy (non-hydrogen) atoms. The molecule has 2 atom stereocenters. The van der Waals surface area contributed by atoms with Crippen LogP contribution in [0.1, 0.15) is 27.2 Å². The van der Waals surface area contributed by atoms with Crippen molar-refractivity contribution in [2.45, 2.75) is 39.3 Å². The van der Waals surface area contributed by atoms with Gasteiger partial charge in [-0.1, -0.05) is 0 Å². The third kappa shape index (κ3) is 3.18. The molecule has 0 spiro atoms. The van der Waals surface area contributed by atoms with Crippen LogP contribution >= 0.6 is 0 Å². The summed E-state index contributed by atoms with van der Waals surface area (Å²) >= 11 is 0. The van der Waals surface area contributed by atoms with Crippen LogP contribution in [0.3, 0.4) is 0 Å². The number of methoxy groups -OCH3 is 1. The molecule has 0 aliphatic carbocycles. The Kier molecular flexibility index (Phi) is 4.11. The second-order valence-corrected chi connectivity index (χ2v) is 4.73. The van der Waals surface area contributed by atoms with Crippen molar-refractivity contribution in [3.05, 3.63) is 0 Å². The van der Waals surface area contributed by atoms with Crippen LogP contribution < -0.4 is 5.32 Å². The summed E-state index contributed by atoms with van der Waals surface area (Å²) in [6, 6.07) is 0.355. The number of esters is 1.